The minimum absolute atomic E-state index is 1.01. The molecular weight excluding hydrogens is 935 g/mol. The lowest BCUT2D eigenvalue weighted by atomic mass is 10.0. The van der Waals surface area contributed by atoms with Crippen molar-refractivity contribution in [2.24, 2.45) is 0 Å². The monoisotopic (exact) mass is 981 g/mol. The van der Waals surface area contributed by atoms with Crippen LogP contribution in [0.5, 0.6) is 0 Å². The molecule has 0 bridgehead atoms. The van der Waals surface area contributed by atoms with E-state index in [0.29, 0.717) is 0 Å². The molecule has 0 saturated heterocycles. The van der Waals surface area contributed by atoms with E-state index in [4.69, 9.17) is 0 Å². The molecule has 0 unspecified atom stereocenters. The lowest BCUT2D eigenvalue weighted by Crippen LogP contribution is -2.03. The van der Waals surface area contributed by atoms with Gasteiger partial charge in [-0.25, -0.2) is 0 Å². The van der Waals surface area contributed by atoms with Gasteiger partial charge in [0.15, 0.2) is 0 Å². The largest absolute Gasteiger partial charge is 0.309 e. The van der Waals surface area contributed by atoms with Gasteiger partial charge in [0, 0.05) is 82.3 Å². The highest BCUT2D eigenvalue weighted by molar-refractivity contribution is 6.26. The van der Waals surface area contributed by atoms with E-state index < -0.39 is 0 Å². The van der Waals surface area contributed by atoms with Gasteiger partial charge in [-0.3, -0.25) is 0 Å². The van der Waals surface area contributed by atoms with Crippen molar-refractivity contribution in [3.8, 4) is 33.9 Å². The van der Waals surface area contributed by atoms with Crippen molar-refractivity contribution in [1.82, 2.24) is 22.8 Å². The first kappa shape index (κ1) is 42.3. The fourth-order valence-corrected chi connectivity index (χ4v) is 13.4. The third-order valence-corrected chi connectivity index (χ3v) is 16.6. The van der Waals surface area contributed by atoms with Crippen molar-refractivity contribution in [2.75, 3.05) is 0 Å². The van der Waals surface area contributed by atoms with Crippen LogP contribution in [-0.2, 0) is 0 Å². The molecule has 1 aliphatic rings. The second kappa shape index (κ2) is 16.2. The predicted octanol–water partition coefficient (Wildman–Crippen LogP) is 19.0. The average Bonchev–Trinajstić information content (AvgIpc) is 4.49. The van der Waals surface area contributed by atoms with Crippen LogP contribution < -0.4 is 0 Å². The van der Waals surface area contributed by atoms with E-state index in [1.807, 2.05) is 0 Å². The highest BCUT2D eigenvalue weighted by atomic mass is 15.1. The summed E-state index contributed by atoms with van der Waals surface area (Å²) in [4.78, 5) is 0. The second-order valence-corrected chi connectivity index (χ2v) is 20.7. The van der Waals surface area contributed by atoms with E-state index >= 15 is 0 Å². The summed E-state index contributed by atoms with van der Waals surface area (Å²) >= 11 is 0. The zero-order valence-electron chi connectivity index (χ0n) is 42.0. The van der Waals surface area contributed by atoms with E-state index in [-0.39, 0.29) is 0 Å². The molecule has 0 N–H and O–H groups in total. The average molecular weight is 982 g/mol. The normalized spacial score (nSPS) is 13.1. The van der Waals surface area contributed by atoms with Gasteiger partial charge in [0.25, 0.3) is 0 Å². The molecule has 5 heterocycles. The third-order valence-electron chi connectivity index (χ3n) is 16.6. The number of aromatic nitrogens is 5. The molecule has 1 aliphatic carbocycles. The van der Waals surface area contributed by atoms with E-state index in [2.05, 4.69) is 284 Å². The van der Waals surface area contributed by atoms with Gasteiger partial charge in [-0.05, 0) is 109 Å². The minimum atomic E-state index is 1.01. The highest BCUT2D eigenvalue weighted by Crippen LogP contribution is 2.46. The molecule has 16 aromatic rings. The van der Waals surface area contributed by atoms with Crippen LogP contribution in [0.1, 0.15) is 12.8 Å². The molecule has 0 saturated carbocycles. The molecule has 0 radical (unpaired) electrons. The predicted molar refractivity (Wildman–Crippen MR) is 325 cm³/mol. The first-order chi connectivity index (χ1) is 38.2. The van der Waals surface area contributed by atoms with E-state index in [1.165, 1.54) is 109 Å². The van der Waals surface area contributed by atoms with Crippen molar-refractivity contribution in [3.05, 3.63) is 261 Å². The lowest BCUT2D eigenvalue weighted by molar-refractivity contribution is 1.02. The first-order valence-electron chi connectivity index (χ1n) is 26.8. The summed E-state index contributed by atoms with van der Waals surface area (Å²) in [7, 11) is 0. The molecule has 17 rings (SSSR count). The zero-order valence-corrected chi connectivity index (χ0v) is 42.0. The maximum absolute atomic E-state index is 2.57. The van der Waals surface area contributed by atoms with Crippen LogP contribution in [-0.4, -0.2) is 22.8 Å². The fourth-order valence-electron chi connectivity index (χ4n) is 13.4. The topological polar surface area (TPSA) is 24.6 Å². The van der Waals surface area contributed by atoms with Gasteiger partial charge in [-0.15, -0.1) is 0 Å². The summed E-state index contributed by atoms with van der Waals surface area (Å²) in [5, 5.41) is 12.3. The number of hydrogen-bond acceptors (Lipinski definition) is 0. The Morgan fingerprint density at radius 3 is 1.01 bits per heavy atom. The Labute approximate surface area is 442 Å². The van der Waals surface area contributed by atoms with Gasteiger partial charge in [0.05, 0.1) is 55.2 Å². The molecule has 5 nitrogen and oxygen atoms in total. The lowest BCUT2D eigenvalue weighted by Gasteiger charge is -2.18. The number of hydrogen-bond donors (Lipinski definition) is 0. The number of fused-ring (bicyclic) bond motifs is 17. The Kier molecular flexibility index (Phi) is 8.89. The van der Waals surface area contributed by atoms with Crippen LogP contribution in [0.2, 0.25) is 0 Å². The summed E-state index contributed by atoms with van der Waals surface area (Å²) < 4.78 is 12.5. The van der Waals surface area contributed by atoms with Crippen molar-refractivity contribution in [3.63, 3.8) is 0 Å². The van der Waals surface area contributed by atoms with Crippen LogP contribution in [0, 0.1) is 0 Å². The molecule has 0 spiro atoms. The maximum Gasteiger partial charge on any atom is 0.0788 e. The number of benzene rings is 11. The molecule has 0 atom stereocenters. The molecule has 77 heavy (non-hydrogen) atoms. The van der Waals surface area contributed by atoms with Gasteiger partial charge in [-0.1, -0.05) is 176 Å². The Morgan fingerprint density at radius 2 is 0.584 bits per heavy atom. The molecule has 11 aromatic carbocycles. The quantitative estimate of drug-likeness (QED) is 0.159. The minimum Gasteiger partial charge on any atom is -0.309 e. The van der Waals surface area contributed by atoms with Crippen molar-refractivity contribution in [2.45, 2.75) is 12.8 Å². The smallest absolute Gasteiger partial charge is 0.0788 e. The van der Waals surface area contributed by atoms with Crippen LogP contribution in [0.25, 0.3) is 149 Å². The summed E-state index contributed by atoms with van der Waals surface area (Å²) in [6.45, 7) is 0. The molecular formula is C72H47N5. The number of allylic oxidation sites excluding steroid dienone is 4. The van der Waals surface area contributed by atoms with Gasteiger partial charge < -0.3 is 22.8 Å². The summed E-state index contributed by atoms with van der Waals surface area (Å²) in [6.07, 6.45) is 9.12. The van der Waals surface area contributed by atoms with Gasteiger partial charge in [0.1, 0.15) is 0 Å². The SMILES string of the molecule is C1=CC(n2c3ccccc3c3ccc4c5ccccc5n(-c5cc(-c6ccc(-n7c8ccccc8c8ccccc87)cc6)cc(-n6c7ccccc7c7ccc8c9ccccc9n(-c9ccccc9)c8c76)c5)c4c32)=CCC1. The molecule has 5 heteroatoms. The molecule has 360 valence electrons. The molecule has 5 aromatic heterocycles. The second-order valence-electron chi connectivity index (χ2n) is 20.7. The van der Waals surface area contributed by atoms with Crippen LogP contribution >= 0.6 is 0 Å². The summed E-state index contributed by atoms with van der Waals surface area (Å²) in [6, 6.07) is 90.2. The van der Waals surface area contributed by atoms with Crippen molar-refractivity contribution >= 4 is 115 Å². The number of rotatable bonds is 6. The van der Waals surface area contributed by atoms with Crippen LogP contribution in [0.15, 0.2) is 261 Å². The third kappa shape index (κ3) is 5.99. The summed E-state index contributed by atoms with van der Waals surface area (Å²) in [5.74, 6) is 0. The van der Waals surface area contributed by atoms with Gasteiger partial charge >= 0.3 is 0 Å². The molecule has 0 aliphatic heterocycles. The maximum atomic E-state index is 2.57. The Morgan fingerprint density at radius 1 is 0.234 bits per heavy atom. The Hall–Kier alpha value is -10.1. The standard InChI is InChI=1S/C72H47N5/c1-3-19-48(20-4-1)74-65-31-15-9-25-55(65)59-39-41-61-57-27-11-17-33-67(57)76(71(61)69(59)74)51-43-47(46-35-37-50(38-36-46)73-63-29-13-7-23-53(63)54-24-8-14-30-64(54)73)44-52(45-51)77-68-34-18-12-28-58(68)62-42-40-60-56-26-10-16-32-66(56)75(70(60)72(62)77)49-21-5-2-6-22-49/h1,3-5,7-45H,2,6H2. The van der Waals surface area contributed by atoms with Gasteiger partial charge in [0.2, 0.25) is 0 Å². The van der Waals surface area contributed by atoms with Crippen LogP contribution in [0.3, 0.4) is 0 Å². The van der Waals surface area contributed by atoms with Gasteiger partial charge in [-0.2, -0.15) is 0 Å². The first-order valence-corrected chi connectivity index (χ1v) is 26.8. The van der Waals surface area contributed by atoms with Crippen molar-refractivity contribution in [1.29, 1.82) is 0 Å². The highest BCUT2D eigenvalue weighted by Gasteiger charge is 2.25. The van der Waals surface area contributed by atoms with Crippen LogP contribution in [0.4, 0.5) is 0 Å². The number of para-hydroxylation sites is 7. The van der Waals surface area contributed by atoms with E-state index in [1.54, 1.807) is 0 Å². The van der Waals surface area contributed by atoms with E-state index in [0.717, 1.165) is 52.2 Å². The summed E-state index contributed by atoms with van der Waals surface area (Å²) in [5.41, 5.74) is 19.8. The Bertz CT molecular complexity index is 5150. The zero-order chi connectivity index (χ0) is 50.3. The molecule has 0 fully saturated rings. The Balaban J connectivity index is 1.01. The van der Waals surface area contributed by atoms with Crippen molar-refractivity contribution < 1.29 is 0 Å². The number of nitrogens with zero attached hydrogens (tertiary/aromatic N) is 5. The fraction of sp³-hybridized carbons (Fsp3) is 0.0278. The molecule has 0 amide bonds. The van der Waals surface area contributed by atoms with E-state index in [9.17, 15) is 0 Å².